The summed E-state index contributed by atoms with van der Waals surface area (Å²) in [5.41, 5.74) is 3.23. The lowest BCUT2D eigenvalue weighted by Gasteiger charge is -2.38. The van der Waals surface area contributed by atoms with Gasteiger partial charge in [0.15, 0.2) is 0 Å². The van der Waals surface area contributed by atoms with Crippen molar-refractivity contribution in [2.24, 2.45) is 0 Å². The fourth-order valence-corrected chi connectivity index (χ4v) is 5.18. The quantitative estimate of drug-likeness (QED) is 0.523. The minimum atomic E-state index is -0.360. The lowest BCUT2D eigenvalue weighted by atomic mass is 10.0. The number of amides is 2. The second-order valence-corrected chi connectivity index (χ2v) is 9.95. The summed E-state index contributed by atoms with van der Waals surface area (Å²) in [7, 11) is 0. The van der Waals surface area contributed by atoms with Gasteiger partial charge in [0, 0.05) is 67.3 Å². The molecule has 2 fully saturated rings. The highest BCUT2D eigenvalue weighted by Crippen LogP contribution is 2.27. The molecule has 3 aromatic rings. The summed E-state index contributed by atoms with van der Waals surface area (Å²) in [6.07, 6.45) is 1.55. The van der Waals surface area contributed by atoms with Crippen LogP contribution in [0.4, 0.5) is 15.8 Å². The van der Waals surface area contributed by atoms with E-state index in [1.54, 1.807) is 0 Å². The summed E-state index contributed by atoms with van der Waals surface area (Å²) in [5.74, 6) is -0.494. The number of benzene rings is 3. The van der Waals surface area contributed by atoms with Gasteiger partial charge in [-0.2, -0.15) is 0 Å². The van der Waals surface area contributed by atoms with Crippen LogP contribution in [-0.2, 0) is 0 Å². The predicted molar refractivity (Wildman–Crippen MR) is 145 cm³/mol. The Morgan fingerprint density at radius 1 is 0.784 bits per heavy atom. The number of nitrogens with zero attached hydrogens (tertiary/aromatic N) is 3. The van der Waals surface area contributed by atoms with E-state index < -0.39 is 0 Å². The highest BCUT2D eigenvalue weighted by Gasteiger charge is 2.27. The lowest BCUT2D eigenvalue weighted by Crippen LogP contribution is -2.49. The van der Waals surface area contributed by atoms with E-state index in [0.29, 0.717) is 23.7 Å². The number of halogens is 2. The molecule has 0 atom stereocenters. The molecule has 2 heterocycles. The second-order valence-electron chi connectivity index (χ2n) is 9.51. The normalized spacial score (nSPS) is 16.5. The fourth-order valence-electron chi connectivity index (χ4n) is 5.05. The maximum Gasteiger partial charge on any atom is 0.256 e. The maximum atomic E-state index is 13.5. The maximum absolute atomic E-state index is 13.5. The first-order valence-electron chi connectivity index (χ1n) is 12.7. The van der Waals surface area contributed by atoms with Crippen molar-refractivity contribution in [3.8, 4) is 0 Å². The Bertz CT molecular complexity index is 1240. The van der Waals surface area contributed by atoms with Crippen molar-refractivity contribution in [3.63, 3.8) is 0 Å². The summed E-state index contributed by atoms with van der Waals surface area (Å²) < 4.78 is 13.2. The van der Waals surface area contributed by atoms with Gasteiger partial charge in [0.2, 0.25) is 0 Å². The molecule has 1 N–H and O–H groups in total. The molecule has 5 rings (SSSR count). The molecule has 2 aliphatic heterocycles. The molecule has 0 spiro atoms. The summed E-state index contributed by atoms with van der Waals surface area (Å²) in [4.78, 5) is 32.5. The molecule has 2 amide bonds. The van der Waals surface area contributed by atoms with Crippen LogP contribution in [0.3, 0.4) is 0 Å². The molecule has 3 aromatic carbocycles. The van der Waals surface area contributed by atoms with Crippen LogP contribution in [0.2, 0.25) is 5.02 Å². The number of hydrogen-bond acceptors (Lipinski definition) is 4. The van der Waals surface area contributed by atoms with E-state index in [1.165, 1.54) is 24.3 Å². The van der Waals surface area contributed by atoms with Gasteiger partial charge in [-0.1, -0.05) is 23.7 Å². The number of carbonyl (C=O) groups excluding carboxylic acids is 2. The number of piperidine rings is 1. The van der Waals surface area contributed by atoms with Gasteiger partial charge in [-0.15, -0.1) is 0 Å². The Kier molecular flexibility index (Phi) is 7.60. The molecule has 0 aliphatic carbocycles. The van der Waals surface area contributed by atoms with E-state index >= 15 is 0 Å². The Labute approximate surface area is 221 Å². The Balaban J connectivity index is 1.18. The summed E-state index contributed by atoms with van der Waals surface area (Å²) in [5, 5.41) is 3.78. The number of para-hydroxylation sites is 1. The van der Waals surface area contributed by atoms with Gasteiger partial charge in [-0.3, -0.25) is 9.59 Å². The van der Waals surface area contributed by atoms with Crippen molar-refractivity contribution in [1.29, 1.82) is 0 Å². The zero-order valence-electron chi connectivity index (χ0n) is 20.6. The summed E-state index contributed by atoms with van der Waals surface area (Å²) in [6.45, 7) is 4.34. The van der Waals surface area contributed by atoms with Crippen LogP contribution >= 0.6 is 11.6 Å². The van der Waals surface area contributed by atoms with Crippen molar-refractivity contribution in [1.82, 2.24) is 10.2 Å². The molecule has 0 aromatic heterocycles. The van der Waals surface area contributed by atoms with E-state index in [4.69, 9.17) is 11.6 Å². The van der Waals surface area contributed by atoms with Crippen LogP contribution in [0, 0.1) is 5.82 Å². The van der Waals surface area contributed by atoms with E-state index in [-0.39, 0.29) is 23.7 Å². The number of piperazine rings is 1. The number of carbonyl (C=O) groups is 2. The van der Waals surface area contributed by atoms with E-state index in [0.717, 1.165) is 56.0 Å². The molecular weight excluding hydrogens is 491 g/mol. The molecule has 0 radical (unpaired) electrons. The fraction of sp³-hybridized carbons (Fsp3) is 0.310. The lowest BCUT2D eigenvalue weighted by molar-refractivity contribution is 0.0747. The average Bonchev–Trinajstić information content (AvgIpc) is 2.94. The first-order chi connectivity index (χ1) is 18.0. The summed E-state index contributed by atoms with van der Waals surface area (Å²) >= 11 is 6.02. The van der Waals surface area contributed by atoms with E-state index in [1.807, 2.05) is 53.4 Å². The highest BCUT2D eigenvalue weighted by atomic mass is 35.5. The standard InChI is InChI=1S/C29H30ClFN4O2/c30-22-7-11-25(12-8-22)33-17-19-35(20-18-33)29(37)26-3-1-2-4-27(26)34-15-13-24(14-16-34)32-28(36)21-5-9-23(31)10-6-21/h1-12,24H,13-20H2,(H,32,36). The third-order valence-electron chi connectivity index (χ3n) is 7.17. The Morgan fingerprint density at radius 3 is 2.11 bits per heavy atom. The van der Waals surface area contributed by atoms with Crippen molar-refractivity contribution >= 4 is 34.8 Å². The third kappa shape index (κ3) is 5.88. The first-order valence-corrected chi connectivity index (χ1v) is 13.1. The van der Waals surface area contributed by atoms with Crippen LogP contribution in [0.15, 0.2) is 72.8 Å². The number of nitrogens with one attached hydrogen (secondary N) is 1. The van der Waals surface area contributed by atoms with Crippen LogP contribution in [0.1, 0.15) is 33.6 Å². The topological polar surface area (TPSA) is 55.9 Å². The van der Waals surface area contributed by atoms with Gasteiger partial charge < -0.3 is 20.0 Å². The third-order valence-corrected chi connectivity index (χ3v) is 7.42. The summed E-state index contributed by atoms with van der Waals surface area (Å²) in [6, 6.07) is 21.2. The minimum absolute atomic E-state index is 0.0395. The Hall–Kier alpha value is -3.58. The first kappa shape index (κ1) is 25.1. The zero-order chi connectivity index (χ0) is 25.8. The Morgan fingerprint density at radius 2 is 1.43 bits per heavy atom. The van der Waals surface area contributed by atoms with Gasteiger partial charge in [0.1, 0.15) is 5.82 Å². The van der Waals surface area contributed by atoms with Crippen molar-refractivity contribution in [2.75, 3.05) is 49.1 Å². The van der Waals surface area contributed by atoms with E-state index in [2.05, 4.69) is 15.1 Å². The number of anilines is 2. The van der Waals surface area contributed by atoms with Crippen LogP contribution < -0.4 is 15.1 Å². The largest absolute Gasteiger partial charge is 0.371 e. The van der Waals surface area contributed by atoms with Crippen molar-refractivity contribution in [3.05, 3.63) is 94.8 Å². The molecule has 2 saturated heterocycles. The molecule has 37 heavy (non-hydrogen) atoms. The molecule has 192 valence electrons. The van der Waals surface area contributed by atoms with Crippen LogP contribution in [0.25, 0.3) is 0 Å². The minimum Gasteiger partial charge on any atom is -0.371 e. The highest BCUT2D eigenvalue weighted by molar-refractivity contribution is 6.30. The van der Waals surface area contributed by atoms with Crippen LogP contribution in [-0.4, -0.2) is 62.0 Å². The smallest absolute Gasteiger partial charge is 0.256 e. The van der Waals surface area contributed by atoms with Crippen LogP contribution in [0.5, 0.6) is 0 Å². The van der Waals surface area contributed by atoms with Gasteiger partial charge in [-0.05, 0) is 73.5 Å². The number of hydrogen-bond donors (Lipinski definition) is 1. The molecule has 0 bridgehead atoms. The molecule has 8 heteroatoms. The van der Waals surface area contributed by atoms with Crippen molar-refractivity contribution < 1.29 is 14.0 Å². The molecule has 2 aliphatic rings. The molecule has 0 saturated carbocycles. The molecular formula is C29H30ClFN4O2. The monoisotopic (exact) mass is 520 g/mol. The van der Waals surface area contributed by atoms with E-state index in [9.17, 15) is 14.0 Å². The van der Waals surface area contributed by atoms with Gasteiger partial charge in [-0.25, -0.2) is 4.39 Å². The molecule has 0 unspecified atom stereocenters. The average molecular weight is 521 g/mol. The number of rotatable bonds is 5. The zero-order valence-corrected chi connectivity index (χ0v) is 21.3. The van der Waals surface area contributed by atoms with Crippen molar-refractivity contribution in [2.45, 2.75) is 18.9 Å². The SMILES string of the molecule is O=C(NC1CCN(c2ccccc2C(=O)N2CCN(c3ccc(Cl)cc3)CC2)CC1)c1ccc(F)cc1. The van der Waals surface area contributed by atoms with Gasteiger partial charge in [0.25, 0.3) is 11.8 Å². The van der Waals surface area contributed by atoms with Gasteiger partial charge in [0.05, 0.1) is 5.56 Å². The predicted octanol–water partition coefficient (Wildman–Crippen LogP) is 4.84. The molecule has 6 nitrogen and oxygen atoms in total. The van der Waals surface area contributed by atoms with Gasteiger partial charge >= 0.3 is 0 Å². The second kappa shape index (κ2) is 11.2.